The third-order valence-corrected chi connectivity index (χ3v) is 12.8. The maximum Gasteiger partial charge on any atom is 0.295 e. The molecule has 0 spiro atoms. The zero-order chi connectivity index (χ0) is 45.6. The van der Waals surface area contributed by atoms with E-state index < -0.39 is 60.1 Å². The van der Waals surface area contributed by atoms with Crippen LogP contribution < -0.4 is 10.6 Å². The summed E-state index contributed by atoms with van der Waals surface area (Å²) in [6.07, 6.45) is 0. The summed E-state index contributed by atoms with van der Waals surface area (Å²) in [6, 6.07) is 21.1. The summed E-state index contributed by atoms with van der Waals surface area (Å²) in [4.78, 5) is 10.1. The van der Waals surface area contributed by atoms with E-state index >= 15 is 0 Å². The van der Waals surface area contributed by atoms with Crippen molar-refractivity contribution in [1.29, 1.82) is 0 Å². The molecule has 324 valence electrons. The average Bonchev–Trinajstić information content (AvgIpc) is 3.17. The number of aryl methyl sites for hydroxylation is 2. The number of benzene rings is 6. The first-order valence-electron chi connectivity index (χ1n) is 17.5. The molecule has 7 aromatic rings. The van der Waals surface area contributed by atoms with Gasteiger partial charge in [0.05, 0.1) is 22.7 Å². The van der Waals surface area contributed by atoms with E-state index in [4.69, 9.17) is 11.6 Å². The quantitative estimate of drug-likeness (QED) is 0.0492. The predicted octanol–water partition coefficient (Wildman–Crippen LogP) is 8.75. The molecular weight excluding hydrogens is 926 g/mol. The number of rotatable bonds is 12. The van der Waals surface area contributed by atoms with E-state index in [-0.39, 0.29) is 50.1 Å². The molecule has 1 aromatic heterocycles. The van der Waals surface area contributed by atoms with Gasteiger partial charge in [-0.3, -0.25) is 18.2 Å². The van der Waals surface area contributed by atoms with Gasteiger partial charge in [0, 0.05) is 32.9 Å². The van der Waals surface area contributed by atoms with Crippen molar-refractivity contribution >= 4 is 120 Å². The van der Waals surface area contributed by atoms with Gasteiger partial charge in [-0.25, -0.2) is 0 Å². The number of hydrogen-bond acceptors (Lipinski definition) is 17. The Morgan fingerprint density at radius 1 is 0.460 bits per heavy atom. The SMILES string of the molecule is Cc1cc(Nc2nc(Cl)nc(Nc3ccc(N=Nc4cc(S(=O)(=O)O)c5cccc(S(=O)(=O)O)c5c4)c(C)c3)n2)ccc1N=Nc1cc(S(=O)(=O)O)c2cccc(S(=O)(=O)O)c2c1. The van der Waals surface area contributed by atoms with Crippen LogP contribution in [0.3, 0.4) is 0 Å². The second-order valence-electron chi connectivity index (χ2n) is 13.4. The minimum atomic E-state index is -4.86. The van der Waals surface area contributed by atoms with E-state index in [1.807, 2.05) is 0 Å². The maximum absolute atomic E-state index is 12.2. The van der Waals surface area contributed by atoms with E-state index in [0.717, 1.165) is 24.3 Å². The number of azo groups is 2. The highest BCUT2D eigenvalue weighted by Crippen LogP contribution is 2.36. The summed E-state index contributed by atoms with van der Waals surface area (Å²) in [6.45, 7) is 3.38. The first kappa shape index (κ1) is 44.6. The Morgan fingerprint density at radius 3 is 1.19 bits per heavy atom. The van der Waals surface area contributed by atoms with Crippen LogP contribution in [-0.4, -0.2) is 66.8 Å². The number of hydrogen-bond donors (Lipinski definition) is 6. The Balaban J connectivity index is 1.09. The molecular formula is C37H28ClN9O12S4. The molecule has 0 unspecified atom stereocenters. The maximum atomic E-state index is 12.2. The van der Waals surface area contributed by atoms with E-state index in [0.29, 0.717) is 33.9 Å². The number of halogens is 1. The van der Waals surface area contributed by atoms with Crippen LogP contribution in [0.5, 0.6) is 0 Å². The third-order valence-electron chi connectivity index (χ3n) is 8.98. The van der Waals surface area contributed by atoms with Crippen LogP contribution in [0.2, 0.25) is 5.28 Å². The van der Waals surface area contributed by atoms with Crippen LogP contribution in [0.15, 0.2) is 137 Å². The molecule has 0 saturated carbocycles. The molecule has 0 atom stereocenters. The highest BCUT2D eigenvalue weighted by molar-refractivity contribution is 7.87. The monoisotopic (exact) mass is 953 g/mol. The van der Waals surface area contributed by atoms with Gasteiger partial charge in [-0.1, -0.05) is 24.3 Å². The fourth-order valence-corrected chi connectivity index (χ4v) is 9.25. The van der Waals surface area contributed by atoms with E-state index in [1.165, 1.54) is 36.4 Å². The standard InChI is InChI=1S/C37H28ClN9O12S4/c1-19-13-21(9-11-29(19)46-44-23-15-27-25(33(17-23)62(54,55)56)5-3-7-31(27)60(48,49)50)39-36-41-35(38)42-37(43-36)40-22-10-12-30(20(2)14-22)47-45-24-16-28-26(34(18-24)63(57,58)59)6-4-8-32(28)61(51,52)53/h3-18H,1-2H3,(H,48,49,50)(H,51,52,53)(H,54,55,56)(H,57,58,59)(H2,39,40,41,42,43). The zero-order valence-electron chi connectivity index (χ0n) is 31.9. The van der Waals surface area contributed by atoms with Gasteiger partial charge in [-0.15, -0.1) is 0 Å². The summed E-state index contributed by atoms with van der Waals surface area (Å²) in [5, 5.41) is 21.5. The second kappa shape index (κ2) is 16.7. The fraction of sp³-hybridized carbons (Fsp3) is 0.0541. The Labute approximate surface area is 362 Å². The molecule has 0 aliphatic carbocycles. The highest BCUT2D eigenvalue weighted by atomic mass is 35.5. The van der Waals surface area contributed by atoms with Crippen molar-refractivity contribution in [3.05, 3.63) is 113 Å². The normalized spacial score (nSPS) is 12.7. The predicted molar refractivity (Wildman–Crippen MR) is 229 cm³/mol. The van der Waals surface area contributed by atoms with Gasteiger partial charge in [-0.05, 0) is 109 Å². The van der Waals surface area contributed by atoms with Gasteiger partial charge in [0.25, 0.3) is 40.5 Å². The molecule has 0 bridgehead atoms. The van der Waals surface area contributed by atoms with Crippen molar-refractivity contribution in [2.24, 2.45) is 20.5 Å². The summed E-state index contributed by atoms with van der Waals surface area (Å²) in [5.41, 5.74) is 2.44. The summed E-state index contributed by atoms with van der Waals surface area (Å²) >= 11 is 6.22. The minimum absolute atomic E-state index is 0.0359. The number of fused-ring (bicyclic) bond motifs is 2. The number of nitrogens with zero attached hydrogens (tertiary/aromatic N) is 7. The lowest BCUT2D eigenvalue weighted by Gasteiger charge is -2.11. The molecule has 21 nitrogen and oxygen atoms in total. The molecule has 0 aliphatic heterocycles. The summed E-state index contributed by atoms with van der Waals surface area (Å²) < 4.78 is 136. The van der Waals surface area contributed by atoms with Crippen LogP contribution in [0.25, 0.3) is 21.5 Å². The van der Waals surface area contributed by atoms with Crippen LogP contribution in [0, 0.1) is 13.8 Å². The molecule has 6 N–H and O–H groups in total. The van der Waals surface area contributed by atoms with Gasteiger partial charge in [0.15, 0.2) is 0 Å². The molecule has 6 aromatic carbocycles. The van der Waals surface area contributed by atoms with E-state index in [9.17, 15) is 51.9 Å². The lowest BCUT2D eigenvalue weighted by Crippen LogP contribution is -2.04. The summed E-state index contributed by atoms with van der Waals surface area (Å²) in [7, 11) is -19.3. The molecule has 1 heterocycles. The Hall–Kier alpha value is -6.42. The molecule has 26 heteroatoms. The number of nitrogens with one attached hydrogen (secondary N) is 2. The average molecular weight is 954 g/mol. The third kappa shape index (κ3) is 10.1. The van der Waals surface area contributed by atoms with Crippen molar-refractivity contribution in [3.8, 4) is 0 Å². The number of aromatic nitrogens is 3. The van der Waals surface area contributed by atoms with Gasteiger partial charge in [0.2, 0.25) is 17.2 Å². The molecule has 63 heavy (non-hydrogen) atoms. The van der Waals surface area contributed by atoms with Crippen molar-refractivity contribution in [3.63, 3.8) is 0 Å². The Kier molecular flexibility index (Phi) is 11.8. The van der Waals surface area contributed by atoms with Crippen LogP contribution in [0.4, 0.5) is 46.0 Å². The Morgan fingerprint density at radius 2 is 0.841 bits per heavy atom. The topological polar surface area (TPSA) is 330 Å². The van der Waals surface area contributed by atoms with Crippen molar-refractivity contribution in [1.82, 2.24) is 15.0 Å². The van der Waals surface area contributed by atoms with Gasteiger partial charge < -0.3 is 10.6 Å². The van der Waals surface area contributed by atoms with Gasteiger partial charge in [-0.2, -0.15) is 69.1 Å². The fourth-order valence-electron chi connectivity index (χ4n) is 6.25. The zero-order valence-corrected chi connectivity index (χ0v) is 36.0. The van der Waals surface area contributed by atoms with Crippen molar-refractivity contribution in [2.45, 2.75) is 33.4 Å². The van der Waals surface area contributed by atoms with Crippen LogP contribution in [-0.2, 0) is 40.5 Å². The van der Waals surface area contributed by atoms with E-state index in [2.05, 4.69) is 46.0 Å². The van der Waals surface area contributed by atoms with Gasteiger partial charge in [0.1, 0.15) is 19.6 Å². The molecule has 7 rings (SSSR count). The first-order chi connectivity index (χ1) is 29.4. The Bertz CT molecular complexity index is 3350. The van der Waals surface area contributed by atoms with Crippen molar-refractivity contribution in [2.75, 3.05) is 10.6 Å². The lowest BCUT2D eigenvalue weighted by molar-refractivity contribution is 0.481. The molecule has 0 aliphatic rings. The minimum Gasteiger partial charge on any atom is -0.324 e. The van der Waals surface area contributed by atoms with Crippen LogP contribution in [0.1, 0.15) is 11.1 Å². The molecule has 0 radical (unpaired) electrons. The van der Waals surface area contributed by atoms with Crippen LogP contribution >= 0.6 is 11.6 Å². The molecule has 0 amide bonds. The van der Waals surface area contributed by atoms with E-state index in [1.54, 1.807) is 50.2 Å². The van der Waals surface area contributed by atoms with Gasteiger partial charge >= 0.3 is 0 Å². The summed E-state index contributed by atoms with van der Waals surface area (Å²) in [5.74, 6) is 0.0718. The lowest BCUT2D eigenvalue weighted by atomic mass is 10.1. The molecule has 0 saturated heterocycles. The second-order valence-corrected chi connectivity index (χ2v) is 19.3. The number of anilines is 4. The molecule has 0 fully saturated rings. The van der Waals surface area contributed by atoms with Crippen molar-refractivity contribution < 1.29 is 51.9 Å². The smallest absolute Gasteiger partial charge is 0.295 e. The largest absolute Gasteiger partial charge is 0.324 e. The highest BCUT2D eigenvalue weighted by Gasteiger charge is 2.23. The first-order valence-corrected chi connectivity index (χ1v) is 23.6.